The minimum atomic E-state index is 0.575. The van der Waals surface area contributed by atoms with Crippen molar-refractivity contribution in [3.63, 3.8) is 0 Å². The molecule has 1 nitrogen and oxygen atoms in total. The molecule has 0 aliphatic rings. The molecule has 0 aliphatic heterocycles. The zero-order chi connectivity index (χ0) is 15.1. The minimum absolute atomic E-state index is 0.575. The van der Waals surface area contributed by atoms with Gasteiger partial charge in [-0.25, -0.2) is 0 Å². The molecule has 0 amide bonds. The molecule has 0 aliphatic carbocycles. The highest BCUT2D eigenvalue weighted by Crippen LogP contribution is 2.21. The van der Waals surface area contributed by atoms with Gasteiger partial charge in [-0.3, -0.25) is 0 Å². The van der Waals surface area contributed by atoms with Crippen molar-refractivity contribution in [3.8, 4) is 5.75 Å². The molecule has 2 rings (SSSR count). The Labute approximate surface area is 151 Å². The molecule has 2 aromatic rings. The van der Waals surface area contributed by atoms with Crippen LogP contribution in [0.2, 0.25) is 0 Å². The summed E-state index contributed by atoms with van der Waals surface area (Å²) in [5.41, 5.74) is 1.36. The minimum Gasteiger partial charge on any atom is -0.494 e. The van der Waals surface area contributed by atoms with Gasteiger partial charge < -0.3 is 4.74 Å². The third kappa shape index (κ3) is 6.13. The van der Waals surface area contributed by atoms with Gasteiger partial charge in [0.25, 0.3) is 0 Å². The van der Waals surface area contributed by atoms with E-state index in [9.17, 15) is 0 Å². The highest BCUT2D eigenvalue weighted by molar-refractivity contribution is 9.10. The van der Waals surface area contributed by atoms with Gasteiger partial charge in [0.15, 0.2) is 0 Å². The second-order valence-electron chi connectivity index (χ2n) is 4.95. The Bertz CT molecular complexity index is 571. The monoisotopic (exact) mass is 474 g/mol. The van der Waals surface area contributed by atoms with Gasteiger partial charge in [-0.15, -0.1) is 0 Å². The van der Waals surface area contributed by atoms with Crippen molar-refractivity contribution in [2.75, 3.05) is 11.9 Å². The van der Waals surface area contributed by atoms with E-state index in [0.717, 1.165) is 39.5 Å². The maximum absolute atomic E-state index is 5.82. The molecule has 0 saturated heterocycles. The van der Waals surface area contributed by atoms with Crippen molar-refractivity contribution in [1.29, 1.82) is 0 Å². The van der Waals surface area contributed by atoms with Gasteiger partial charge in [-0.1, -0.05) is 66.0 Å². The molecule has 21 heavy (non-hydrogen) atoms. The molecule has 4 heteroatoms. The lowest BCUT2D eigenvalue weighted by molar-refractivity contribution is 0.285. The summed E-state index contributed by atoms with van der Waals surface area (Å²) in [4.78, 5) is 0. The lowest BCUT2D eigenvalue weighted by Gasteiger charge is -2.15. The van der Waals surface area contributed by atoms with E-state index >= 15 is 0 Å². The summed E-state index contributed by atoms with van der Waals surface area (Å²) in [5, 5.41) is 0.987. The van der Waals surface area contributed by atoms with E-state index in [-0.39, 0.29) is 0 Å². The summed E-state index contributed by atoms with van der Waals surface area (Å²) < 4.78 is 8.01. The van der Waals surface area contributed by atoms with Crippen molar-refractivity contribution >= 4 is 47.8 Å². The third-order valence-electron chi connectivity index (χ3n) is 3.22. The van der Waals surface area contributed by atoms with Crippen LogP contribution in [0.15, 0.2) is 57.5 Å². The van der Waals surface area contributed by atoms with E-state index in [4.69, 9.17) is 4.74 Å². The van der Waals surface area contributed by atoms with E-state index in [2.05, 4.69) is 72.1 Å². The molecular weight excluding hydrogens is 460 g/mol. The molecule has 2 aromatic carbocycles. The van der Waals surface area contributed by atoms with Gasteiger partial charge >= 0.3 is 0 Å². The number of ether oxygens (including phenoxy) is 1. The van der Waals surface area contributed by atoms with Crippen molar-refractivity contribution in [2.45, 2.75) is 12.8 Å². The van der Waals surface area contributed by atoms with Gasteiger partial charge in [0.1, 0.15) is 5.75 Å². The van der Waals surface area contributed by atoms with Gasteiger partial charge in [0.05, 0.1) is 6.61 Å². The third-order valence-corrected chi connectivity index (χ3v) is 5.12. The van der Waals surface area contributed by atoms with Crippen LogP contribution in [-0.2, 0) is 6.42 Å². The summed E-state index contributed by atoms with van der Waals surface area (Å²) >= 11 is 10.6. The number of alkyl halides is 1. The SMILES string of the molecule is BrCC(CCOc1cccc(Br)c1)Cc1cccc(Br)c1. The quantitative estimate of drug-likeness (QED) is 0.430. The average Bonchev–Trinajstić information content (AvgIpc) is 2.46. The van der Waals surface area contributed by atoms with Gasteiger partial charge in [0, 0.05) is 14.3 Å². The number of rotatable bonds is 7. The van der Waals surface area contributed by atoms with Crippen LogP contribution in [0.3, 0.4) is 0 Å². The van der Waals surface area contributed by atoms with Crippen LogP contribution in [0.1, 0.15) is 12.0 Å². The molecule has 0 N–H and O–H groups in total. The van der Waals surface area contributed by atoms with Crippen LogP contribution in [0, 0.1) is 5.92 Å². The first-order valence-electron chi connectivity index (χ1n) is 6.86. The molecule has 0 heterocycles. The van der Waals surface area contributed by atoms with Crippen molar-refractivity contribution in [2.24, 2.45) is 5.92 Å². The predicted molar refractivity (Wildman–Crippen MR) is 99.4 cm³/mol. The Kier molecular flexibility index (Phi) is 7.27. The number of halogens is 3. The van der Waals surface area contributed by atoms with Crippen molar-refractivity contribution in [3.05, 3.63) is 63.0 Å². The van der Waals surface area contributed by atoms with Crippen molar-refractivity contribution in [1.82, 2.24) is 0 Å². The molecule has 0 bridgehead atoms. The normalized spacial score (nSPS) is 12.1. The second kappa shape index (κ2) is 8.96. The topological polar surface area (TPSA) is 9.23 Å². The highest BCUT2D eigenvalue weighted by Gasteiger charge is 2.09. The molecule has 0 aromatic heterocycles. The maximum atomic E-state index is 5.82. The molecular formula is C17H17Br3O. The van der Waals surface area contributed by atoms with Crippen LogP contribution in [0.4, 0.5) is 0 Å². The first-order valence-corrected chi connectivity index (χ1v) is 9.57. The Morgan fingerprint density at radius 1 is 0.952 bits per heavy atom. The van der Waals surface area contributed by atoms with E-state index in [1.165, 1.54) is 5.56 Å². The Morgan fingerprint density at radius 3 is 2.33 bits per heavy atom. The van der Waals surface area contributed by atoms with Gasteiger partial charge in [-0.05, 0) is 54.7 Å². The molecule has 0 fully saturated rings. The standard InChI is InChI=1S/C17H17Br3O/c18-12-14(9-13-3-1-4-15(19)10-13)7-8-21-17-6-2-5-16(20)11-17/h1-6,10-11,14H,7-9,12H2. The summed E-state index contributed by atoms with van der Waals surface area (Å²) in [6.45, 7) is 0.737. The fraction of sp³-hybridized carbons (Fsp3) is 0.294. The Morgan fingerprint density at radius 2 is 1.67 bits per heavy atom. The molecule has 1 atom stereocenters. The Balaban J connectivity index is 1.82. The molecule has 0 saturated carbocycles. The number of hydrogen-bond donors (Lipinski definition) is 0. The van der Waals surface area contributed by atoms with Crippen LogP contribution >= 0.6 is 47.8 Å². The van der Waals surface area contributed by atoms with Gasteiger partial charge in [-0.2, -0.15) is 0 Å². The van der Waals surface area contributed by atoms with E-state index in [0.29, 0.717) is 5.92 Å². The molecule has 1 unspecified atom stereocenters. The second-order valence-corrected chi connectivity index (χ2v) is 7.43. The highest BCUT2D eigenvalue weighted by atomic mass is 79.9. The average molecular weight is 477 g/mol. The van der Waals surface area contributed by atoms with E-state index in [1.807, 2.05) is 24.3 Å². The van der Waals surface area contributed by atoms with Crippen LogP contribution in [0.5, 0.6) is 5.75 Å². The lowest BCUT2D eigenvalue weighted by Crippen LogP contribution is -2.11. The zero-order valence-corrected chi connectivity index (χ0v) is 16.3. The fourth-order valence-electron chi connectivity index (χ4n) is 2.13. The zero-order valence-electron chi connectivity index (χ0n) is 11.6. The summed E-state index contributed by atoms with van der Waals surface area (Å²) in [6, 6.07) is 16.5. The largest absolute Gasteiger partial charge is 0.494 e. The number of benzene rings is 2. The summed E-state index contributed by atoms with van der Waals surface area (Å²) in [5.74, 6) is 1.49. The summed E-state index contributed by atoms with van der Waals surface area (Å²) in [6.07, 6.45) is 2.09. The van der Waals surface area contributed by atoms with E-state index in [1.54, 1.807) is 0 Å². The summed E-state index contributed by atoms with van der Waals surface area (Å²) in [7, 11) is 0. The lowest BCUT2D eigenvalue weighted by atomic mass is 9.98. The van der Waals surface area contributed by atoms with Gasteiger partial charge in [0.2, 0.25) is 0 Å². The van der Waals surface area contributed by atoms with Crippen molar-refractivity contribution < 1.29 is 4.74 Å². The van der Waals surface area contributed by atoms with Crippen LogP contribution < -0.4 is 4.74 Å². The fourth-order valence-corrected chi connectivity index (χ4v) is 3.51. The van der Waals surface area contributed by atoms with E-state index < -0.39 is 0 Å². The van der Waals surface area contributed by atoms with Crippen LogP contribution in [0.25, 0.3) is 0 Å². The maximum Gasteiger partial charge on any atom is 0.120 e. The smallest absolute Gasteiger partial charge is 0.120 e. The molecule has 0 spiro atoms. The number of hydrogen-bond acceptors (Lipinski definition) is 1. The van der Waals surface area contributed by atoms with Crippen LogP contribution in [-0.4, -0.2) is 11.9 Å². The Hall–Kier alpha value is -0.320. The predicted octanol–water partition coefficient (Wildman–Crippen LogP) is 6.23. The molecule has 0 radical (unpaired) electrons. The first kappa shape index (κ1) is 17.0. The first-order chi connectivity index (χ1) is 10.2. The molecule has 112 valence electrons.